The molecule has 0 aliphatic carbocycles. The van der Waals surface area contributed by atoms with Gasteiger partial charge in [0.1, 0.15) is 23.9 Å². The number of halogens is 1. The van der Waals surface area contributed by atoms with E-state index in [1.54, 1.807) is 14.2 Å². The Morgan fingerprint density at radius 1 is 1.03 bits per heavy atom. The van der Waals surface area contributed by atoms with Gasteiger partial charge in [0.2, 0.25) is 0 Å². The van der Waals surface area contributed by atoms with E-state index < -0.39 is 0 Å². The molecule has 0 saturated carbocycles. The highest BCUT2D eigenvalue weighted by Crippen LogP contribution is 2.17. The van der Waals surface area contributed by atoms with Gasteiger partial charge in [0.15, 0.2) is 5.96 Å². The molecule has 2 aromatic carbocycles. The minimum Gasteiger partial charge on any atom is -0.497 e. The lowest BCUT2D eigenvalue weighted by Gasteiger charge is -2.13. The van der Waals surface area contributed by atoms with Gasteiger partial charge >= 0.3 is 0 Å². The molecule has 0 radical (unpaired) electrons. The van der Waals surface area contributed by atoms with E-state index in [9.17, 15) is 0 Å². The van der Waals surface area contributed by atoms with Crippen LogP contribution in [0.4, 0.5) is 0 Å². The number of ether oxygens (including phenoxy) is 2. The average molecular weight is 523 g/mol. The summed E-state index contributed by atoms with van der Waals surface area (Å²) in [6.07, 6.45) is 0.976. The van der Waals surface area contributed by atoms with E-state index in [1.807, 2.05) is 30.3 Å². The topological polar surface area (TPSA) is 72.7 Å². The predicted octanol–water partition coefficient (Wildman–Crippen LogP) is 3.61. The molecule has 0 amide bonds. The van der Waals surface area contributed by atoms with Gasteiger partial charge in [-0.25, -0.2) is 4.98 Å². The molecule has 3 rings (SSSR count). The quantitative estimate of drug-likeness (QED) is 0.194. The van der Waals surface area contributed by atoms with Crippen LogP contribution in [0.3, 0.4) is 0 Å². The van der Waals surface area contributed by atoms with Gasteiger partial charge in [-0.2, -0.15) is 0 Å². The van der Waals surface area contributed by atoms with E-state index in [0.29, 0.717) is 13.2 Å². The summed E-state index contributed by atoms with van der Waals surface area (Å²) in [6, 6.07) is 15.8. The van der Waals surface area contributed by atoms with E-state index >= 15 is 0 Å². The number of rotatable bonds is 9. The van der Waals surface area contributed by atoms with E-state index in [4.69, 9.17) is 9.47 Å². The molecule has 1 aromatic heterocycles. The Labute approximate surface area is 194 Å². The number of aliphatic imine (C=N–C) groups is 1. The molecular formula is C22H30IN5O2. The first kappa shape index (κ1) is 23.8. The Morgan fingerprint density at radius 3 is 2.47 bits per heavy atom. The fourth-order valence-electron chi connectivity index (χ4n) is 3.15. The number of hydrogen-bond acceptors (Lipinski definition) is 4. The summed E-state index contributed by atoms with van der Waals surface area (Å²) in [5, 5.41) is 6.61. The zero-order chi connectivity index (χ0) is 20.5. The van der Waals surface area contributed by atoms with Crippen molar-refractivity contribution in [1.82, 2.24) is 20.2 Å². The van der Waals surface area contributed by atoms with Crippen molar-refractivity contribution in [3.05, 3.63) is 54.4 Å². The summed E-state index contributed by atoms with van der Waals surface area (Å²) in [4.78, 5) is 8.87. The van der Waals surface area contributed by atoms with E-state index in [-0.39, 0.29) is 24.0 Å². The predicted molar refractivity (Wildman–Crippen MR) is 132 cm³/mol. The number of aromatic nitrogens is 2. The number of nitrogens with zero attached hydrogens (tertiary/aromatic N) is 3. The molecule has 162 valence electrons. The molecule has 0 bridgehead atoms. The molecule has 0 spiro atoms. The lowest BCUT2D eigenvalue weighted by atomic mass is 10.3. The highest BCUT2D eigenvalue weighted by molar-refractivity contribution is 14.0. The van der Waals surface area contributed by atoms with Crippen molar-refractivity contribution >= 4 is 41.0 Å². The van der Waals surface area contributed by atoms with Crippen molar-refractivity contribution in [1.29, 1.82) is 0 Å². The van der Waals surface area contributed by atoms with Crippen LogP contribution in [0, 0.1) is 6.92 Å². The fraction of sp³-hybridized carbons (Fsp3) is 0.364. The number of benzene rings is 2. The highest BCUT2D eigenvalue weighted by atomic mass is 127. The second kappa shape index (κ2) is 12.3. The van der Waals surface area contributed by atoms with Crippen LogP contribution in [0.2, 0.25) is 0 Å². The molecule has 7 nitrogen and oxygen atoms in total. The third-order valence-corrected chi connectivity index (χ3v) is 4.64. The minimum absolute atomic E-state index is 0. The van der Waals surface area contributed by atoms with Gasteiger partial charge in [0, 0.05) is 20.1 Å². The molecule has 8 heteroatoms. The second-order valence-corrected chi connectivity index (χ2v) is 6.60. The van der Waals surface area contributed by atoms with Gasteiger partial charge in [-0.1, -0.05) is 12.1 Å². The van der Waals surface area contributed by atoms with E-state index in [1.165, 1.54) is 5.52 Å². The molecule has 3 aromatic rings. The molecule has 30 heavy (non-hydrogen) atoms. The van der Waals surface area contributed by atoms with Gasteiger partial charge in [-0.15, -0.1) is 24.0 Å². The number of guanidine groups is 1. The second-order valence-electron chi connectivity index (χ2n) is 6.60. The Hall–Kier alpha value is -2.49. The summed E-state index contributed by atoms with van der Waals surface area (Å²) in [6.45, 7) is 5.00. The van der Waals surface area contributed by atoms with Gasteiger partial charge in [0.25, 0.3) is 0 Å². The molecule has 1 heterocycles. The first-order valence-electron chi connectivity index (χ1n) is 9.84. The third-order valence-electron chi connectivity index (χ3n) is 4.64. The standard InChI is InChI=1S/C22H29N5O2.HI/c1-17-26-20-7-4-5-8-21(20)27(17)15-6-13-24-22(23-2)25-14-16-29-19-11-9-18(28-3)10-12-19;/h4-5,7-12H,6,13-16H2,1-3H3,(H2,23,24,25);1H. The summed E-state index contributed by atoms with van der Waals surface area (Å²) in [5.41, 5.74) is 2.23. The molecule has 2 N–H and O–H groups in total. The van der Waals surface area contributed by atoms with Crippen LogP contribution in [0.15, 0.2) is 53.5 Å². The van der Waals surface area contributed by atoms with Gasteiger partial charge in [-0.3, -0.25) is 4.99 Å². The maximum atomic E-state index is 5.72. The maximum absolute atomic E-state index is 5.72. The van der Waals surface area contributed by atoms with Crippen molar-refractivity contribution in [2.24, 2.45) is 4.99 Å². The number of methoxy groups -OCH3 is 1. The van der Waals surface area contributed by atoms with Crippen LogP contribution in [0.5, 0.6) is 11.5 Å². The largest absolute Gasteiger partial charge is 0.497 e. The average Bonchev–Trinajstić information content (AvgIpc) is 3.08. The van der Waals surface area contributed by atoms with Gasteiger partial charge < -0.3 is 24.7 Å². The molecule has 0 fully saturated rings. The highest BCUT2D eigenvalue weighted by Gasteiger charge is 2.06. The SMILES string of the molecule is CN=C(NCCCn1c(C)nc2ccccc21)NCCOc1ccc(OC)cc1.I. The first-order valence-corrected chi connectivity index (χ1v) is 9.84. The Kier molecular flexibility index (Phi) is 9.72. The smallest absolute Gasteiger partial charge is 0.191 e. The van der Waals surface area contributed by atoms with Crippen molar-refractivity contribution in [2.75, 3.05) is 33.9 Å². The fourth-order valence-corrected chi connectivity index (χ4v) is 3.15. The Morgan fingerprint density at radius 2 is 1.73 bits per heavy atom. The number of fused-ring (bicyclic) bond motifs is 1. The van der Waals surface area contributed by atoms with Gasteiger partial charge in [0.05, 0.1) is 24.7 Å². The van der Waals surface area contributed by atoms with Crippen LogP contribution in [0.25, 0.3) is 11.0 Å². The summed E-state index contributed by atoms with van der Waals surface area (Å²) >= 11 is 0. The maximum Gasteiger partial charge on any atom is 0.191 e. The summed E-state index contributed by atoms with van der Waals surface area (Å²) in [7, 11) is 3.42. The molecule has 0 saturated heterocycles. The number of aryl methyl sites for hydroxylation is 2. The lowest BCUT2D eigenvalue weighted by Crippen LogP contribution is -2.39. The van der Waals surface area contributed by atoms with Gasteiger partial charge in [-0.05, 0) is 49.7 Å². The monoisotopic (exact) mass is 523 g/mol. The minimum atomic E-state index is 0. The summed E-state index contributed by atoms with van der Waals surface area (Å²) < 4.78 is 13.1. The third kappa shape index (κ3) is 6.51. The zero-order valence-electron chi connectivity index (χ0n) is 17.7. The van der Waals surface area contributed by atoms with Crippen molar-refractivity contribution < 1.29 is 9.47 Å². The summed E-state index contributed by atoms with van der Waals surface area (Å²) in [5.74, 6) is 3.46. The molecule has 0 atom stereocenters. The van der Waals surface area contributed by atoms with Crippen molar-refractivity contribution in [3.63, 3.8) is 0 Å². The van der Waals surface area contributed by atoms with E-state index in [2.05, 4.69) is 50.3 Å². The van der Waals surface area contributed by atoms with Crippen LogP contribution in [-0.4, -0.2) is 49.4 Å². The van der Waals surface area contributed by atoms with Crippen molar-refractivity contribution in [2.45, 2.75) is 19.9 Å². The van der Waals surface area contributed by atoms with Crippen LogP contribution < -0.4 is 20.1 Å². The van der Waals surface area contributed by atoms with Crippen molar-refractivity contribution in [3.8, 4) is 11.5 Å². The number of imidazole rings is 1. The molecule has 0 aliphatic heterocycles. The first-order chi connectivity index (χ1) is 14.2. The number of nitrogens with one attached hydrogen (secondary N) is 2. The number of para-hydroxylation sites is 2. The number of hydrogen-bond donors (Lipinski definition) is 2. The molecule has 0 unspecified atom stereocenters. The molecule has 0 aliphatic rings. The lowest BCUT2D eigenvalue weighted by molar-refractivity contribution is 0.321. The van der Waals surface area contributed by atoms with Crippen LogP contribution in [-0.2, 0) is 6.54 Å². The Bertz CT molecular complexity index is 940. The zero-order valence-corrected chi connectivity index (χ0v) is 20.1. The molecular weight excluding hydrogens is 493 g/mol. The normalized spacial score (nSPS) is 11.1. The van der Waals surface area contributed by atoms with Crippen LogP contribution >= 0.6 is 24.0 Å². The van der Waals surface area contributed by atoms with E-state index in [0.717, 1.165) is 48.3 Å². The Balaban J connectivity index is 0.00000320. The van der Waals surface area contributed by atoms with Crippen LogP contribution in [0.1, 0.15) is 12.2 Å².